The first-order valence-corrected chi connectivity index (χ1v) is 16.9. The highest BCUT2D eigenvalue weighted by Gasteiger charge is 2.32. The van der Waals surface area contributed by atoms with Gasteiger partial charge in [0.25, 0.3) is 0 Å². The summed E-state index contributed by atoms with van der Waals surface area (Å²) in [5.74, 6) is 0.453. The molecule has 0 spiro atoms. The van der Waals surface area contributed by atoms with Gasteiger partial charge in [-0.3, -0.25) is 0 Å². The molecule has 0 fully saturated rings. The summed E-state index contributed by atoms with van der Waals surface area (Å²) in [5.41, 5.74) is 15.3. The molecule has 8 aromatic carbocycles. The normalized spacial score (nSPS) is 11.7. The van der Waals surface area contributed by atoms with Gasteiger partial charge < -0.3 is 4.90 Å². The Morgan fingerprint density at radius 3 is 1.46 bits per heavy atom. The van der Waals surface area contributed by atoms with E-state index in [0.29, 0.717) is 5.92 Å². The maximum Gasteiger partial charge on any atom is 0.0468 e. The zero-order valence-corrected chi connectivity index (χ0v) is 27.2. The highest BCUT2D eigenvalue weighted by atomic mass is 15.1. The molecule has 1 heteroatoms. The van der Waals surface area contributed by atoms with Crippen molar-refractivity contribution >= 4 is 38.6 Å². The fraction of sp³-hybridized carbons (Fsp3) is 0.0638. The molecule has 0 bridgehead atoms. The molecule has 0 radical (unpaired) electrons. The van der Waals surface area contributed by atoms with Crippen LogP contribution in [-0.4, -0.2) is 0 Å². The van der Waals surface area contributed by atoms with Crippen molar-refractivity contribution in [2.75, 3.05) is 4.90 Å². The number of benzene rings is 8. The van der Waals surface area contributed by atoms with Gasteiger partial charge >= 0.3 is 0 Å². The standard InChI is InChI=1S/C47H35N/c1-31(2)34-19-14-22-38(27-34)48(37-20-10-5-11-21-37)39-26-25-35-29-42-43(30-36(35)28-39)47-45(33-17-8-4-9-18-33)41-24-13-12-23-40(41)44(46(42)47)32-15-6-3-7-16-32/h3-31H,1-2H3. The highest BCUT2D eigenvalue weighted by Crippen LogP contribution is 2.59. The van der Waals surface area contributed by atoms with Gasteiger partial charge in [0.05, 0.1) is 0 Å². The Bertz CT molecular complexity index is 2460. The third-order valence-electron chi connectivity index (χ3n) is 9.91. The lowest BCUT2D eigenvalue weighted by molar-refractivity contribution is 0.866. The lowest BCUT2D eigenvalue weighted by Crippen LogP contribution is -2.10. The highest BCUT2D eigenvalue weighted by molar-refractivity contribution is 6.26. The molecule has 0 amide bonds. The van der Waals surface area contributed by atoms with Crippen molar-refractivity contribution in [3.8, 4) is 44.5 Å². The van der Waals surface area contributed by atoms with Crippen molar-refractivity contribution in [1.82, 2.24) is 0 Å². The van der Waals surface area contributed by atoms with E-state index < -0.39 is 0 Å². The van der Waals surface area contributed by atoms with Crippen LogP contribution in [0, 0.1) is 0 Å². The Labute approximate surface area is 282 Å². The fourth-order valence-electron chi connectivity index (χ4n) is 7.61. The molecule has 9 rings (SSSR count). The van der Waals surface area contributed by atoms with Crippen LogP contribution in [0.3, 0.4) is 0 Å². The average molecular weight is 614 g/mol. The molecule has 0 aliphatic heterocycles. The number of nitrogens with zero attached hydrogens (tertiary/aromatic N) is 1. The molecule has 0 saturated carbocycles. The average Bonchev–Trinajstić information content (AvgIpc) is 3.14. The van der Waals surface area contributed by atoms with Crippen LogP contribution in [0.5, 0.6) is 0 Å². The van der Waals surface area contributed by atoms with E-state index in [-0.39, 0.29) is 0 Å². The van der Waals surface area contributed by atoms with Crippen molar-refractivity contribution in [2.45, 2.75) is 19.8 Å². The molecule has 0 atom stereocenters. The largest absolute Gasteiger partial charge is 0.310 e. The van der Waals surface area contributed by atoms with Gasteiger partial charge in [0.1, 0.15) is 0 Å². The maximum atomic E-state index is 2.43. The van der Waals surface area contributed by atoms with Gasteiger partial charge in [-0.05, 0) is 126 Å². The molecule has 0 aromatic heterocycles. The van der Waals surface area contributed by atoms with Crippen molar-refractivity contribution in [3.05, 3.63) is 175 Å². The minimum Gasteiger partial charge on any atom is -0.310 e. The summed E-state index contributed by atoms with van der Waals surface area (Å²) in [7, 11) is 0. The molecule has 1 aliphatic rings. The maximum absolute atomic E-state index is 2.43. The summed E-state index contributed by atoms with van der Waals surface area (Å²) in [5, 5.41) is 5.08. The summed E-state index contributed by atoms with van der Waals surface area (Å²) in [6.45, 7) is 4.51. The summed E-state index contributed by atoms with van der Waals surface area (Å²) in [6, 6.07) is 62.2. The van der Waals surface area contributed by atoms with Crippen LogP contribution in [-0.2, 0) is 0 Å². The van der Waals surface area contributed by atoms with Gasteiger partial charge in [0.15, 0.2) is 0 Å². The molecule has 1 aliphatic carbocycles. The molecule has 8 aromatic rings. The molecule has 1 nitrogen and oxygen atoms in total. The van der Waals surface area contributed by atoms with Crippen LogP contribution in [0.15, 0.2) is 170 Å². The Hall–Kier alpha value is -5.92. The van der Waals surface area contributed by atoms with Gasteiger partial charge in [-0.25, -0.2) is 0 Å². The first kappa shape index (κ1) is 28.3. The van der Waals surface area contributed by atoms with E-state index >= 15 is 0 Å². The Balaban J connectivity index is 1.28. The van der Waals surface area contributed by atoms with Crippen LogP contribution in [0.2, 0.25) is 0 Å². The Morgan fingerprint density at radius 2 is 0.875 bits per heavy atom. The minimum atomic E-state index is 0.453. The zero-order valence-electron chi connectivity index (χ0n) is 27.2. The van der Waals surface area contributed by atoms with Gasteiger partial charge in [0, 0.05) is 17.1 Å². The number of para-hydroxylation sites is 1. The number of anilines is 3. The molecule has 48 heavy (non-hydrogen) atoms. The molecule has 0 N–H and O–H groups in total. The van der Waals surface area contributed by atoms with Gasteiger partial charge in [-0.2, -0.15) is 0 Å². The van der Waals surface area contributed by atoms with Crippen LogP contribution in [0.4, 0.5) is 17.1 Å². The first-order chi connectivity index (χ1) is 23.7. The molecular weight excluding hydrogens is 579 g/mol. The van der Waals surface area contributed by atoms with Gasteiger partial charge in [-0.1, -0.05) is 135 Å². The lowest BCUT2D eigenvalue weighted by atomic mass is 9.70. The zero-order chi connectivity index (χ0) is 32.2. The lowest BCUT2D eigenvalue weighted by Gasteiger charge is -2.33. The van der Waals surface area contributed by atoms with Crippen LogP contribution in [0.1, 0.15) is 25.3 Å². The molecule has 0 heterocycles. The Morgan fingerprint density at radius 1 is 0.375 bits per heavy atom. The second kappa shape index (κ2) is 11.4. The molecular formula is C47H35N. The summed E-state index contributed by atoms with van der Waals surface area (Å²) < 4.78 is 0. The van der Waals surface area contributed by atoms with E-state index in [4.69, 9.17) is 0 Å². The third-order valence-corrected chi connectivity index (χ3v) is 9.91. The fourth-order valence-corrected chi connectivity index (χ4v) is 7.61. The molecule has 0 unspecified atom stereocenters. The second-order valence-corrected chi connectivity index (χ2v) is 13.1. The first-order valence-electron chi connectivity index (χ1n) is 16.9. The van der Waals surface area contributed by atoms with Gasteiger partial charge in [0.2, 0.25) is 0 Å². The van der Waals surface area contributed by atoms with Crippen LogP contribution in [0.25, 0.3) is 66.1 Å². The van der Waals surface area contributed by atoms with Crippen molar-refractivity contribution < 1.29 is 0 Å². The number of hydrogen-bond donors (Lipinski definition) is 0. The van der Waals surface area contributed by atoms with Crippen LogP contribution < -0.4 is 4.90 Å². The number of hydrogen-bond acceptors (Lipinski definition) is 1. The van der Waals surface area contributed by atoms with Crippen molar-refractivity contribution in [3.63, 3.8) is 0 Å². The smallest absolute Gasteiger partial charge is 0.0468 e. The quantitative estimate of drug-likeness (QED) is 0.180. The number of rotatable bonds is 6. The molecule has 228 valence electrons. The summed E-state index contributed by atoms with van der Waals surface area (Å²) >= 11 is 0. The molecule has 0 saturated heterocycles. The predicted octanol–water partition coefficient (Wildman–Crippen LogP) is 13.6. The summed E-state index contributed by atoms with van der Waals surface area (Å²) in [6.07, 6.45) is 0. The Kier molecular flexibility index (Phi) is 6.73. The van der Waals surface area contributed by atoms with Crippen molar-refractivity contribution in [1.29, 1.82) is 0 Å². The van der Waals surface area contributed by atoms with E-state index in [0.717, 1.165) is 11.4 Å². The summed E-state index contributed by atoms with van der Waals surface area (Å²) in [4.78, 5) is 2.38. The second-order valence-electron chi connectivity index (χ2n) is 13.1. The van der Waals surface area contributed by atoms with Gasteiger partial charge in [-0.15, -0.1) is 0 Å². The third kappa shape index (κ3) is 4.54. The monoisotopic (exact) mass is 613 g/mol. The predicted molar refractivity (Wildman–Crippen MR) is 206 cm³/mol. The van der Waals surface area contributed by atoms with E-state index in [1.165, 1.54) is 77.3 Å². The van der Waals surface area contributed by atoms with E-state index in [9.17, 15) is 0 Å². The topological polar surface area (TPSA) is 3.24 Å². The minimum absolute atomic E-state index is 0.453. The van der Waals surface area contributed by atoms with E-state index in [1.54, 1.807) is 0 Å². The van der Waals surface area contributed by atoms with Crippen LogP contribution >= 0.6 is 0 Å². The van der Waals surface area contributed by atoms with E-state index in [2.05, 4.69) is 189 Å². The SMILES string of the molecule is CC(C)c1cccc(N(c2ccccc2)c2ccc3cc4c(cc3c2)-c2c-4c(-c3ccccc3)c3ccccc3c2-c2ccccc2)c1. The van der Waals surface area contributed by atoms with E-state index in [1.807, 2.05) is 0 Å². The van der Waals surface area contributed by atoms with Crippen molar-refractivity contribution in [2.24, 2.45) is 0 Å². The number of fused-ring (bicyclic) bond motifs is 6.